The molecule has 0 amide bonds. The van der Waals surface area contributed by atoms with Gasteiger partial charge in [0.05, 0.1) is 12.6 Å². The van der Waals surface area contributed by atoms with Crippen LogP contribution in [0.15, 0.2) is 6.20 Å². The van der Waals surface area contributed by atoms with E-state index >= 15 is 0 Å². The van der Waals surface area contributed by atoms with Crippen LogP contribution in [-0.2, 0) is 10.2 Å². The quantitative estimate of drug-likeness (QED) is 0.823. The van der Waals surface area contributed by atoms with Crippen LogP contribution in [0.3, 0.4) is 0 Å². The van der Waals surface area contributed by atoms with Gasteiger partial charge in [-0.3, -0.25) is 0 Å². The van der Waals surface area contributed by atoms with Gasteiger partial charge in [-0.2, -0.15) is 0 Å². The van der Waals surface area contributed by atoms with Gasteiger partial charge in [-0.25, -0.2) is 4.98 Å². The van der Waals surface area contributed by atoms with Crippen LogP contribution in [0.4, 0.5) is 0 Å². The summed E-state index contributed by atoms with van der Waals surface area (Å²) in [4.78, 5) is 8.06. The highest BCUT2D eigenvalue weighted by Crippen LogP contribution is 2.32. The molecule has 0 aliphatic carbocycles. The molecule has 2 aliphatic heterocycles. The topological polar surface area (TPSA) is 49.9 Å². The van der Waals surface area contributed by atoms with Crippen LogP contribution in [0, 0.1) is 0 Å². The first-order chi connectivity index (χ1) is 8.28. The predicted octanol–water partition coefficient (Wildman–Crippen LogP) is 1.90. The molecular weight excluding hydrogens is 214 g/mol. The number of aromatic amines is 1. The molecule has 3 heterocycles. The Hall–Kier alpha value is -0.870. The average molecular weight is 235 g/mol. The van der Waals surface area contributed by atoms with Crippen molar-refractivity contribution in [2.75, 3.05) is 19.8 Å². The van der Waals surface area contributed by atoms with Crippen molar-refractivity contribution >= 4 is 0 Å². The zero-order valence-corrected chi connectivity index (χ0v) is 10.5. The SMILES string of the molecule is CC1(c2cnc(C3CCCN3)[nH]2)CCCOC1. The minimum absolute atomic E-state index is 0.127. The first-order valence-electron chi connectivity index (χ1n) is 6.64. The lowest BCUT2D eigenvalue weighted by atomic mass is 9.82. The minimum Gasteiger partial charge on any atom is -0.380 e. The third kappa shape index (κ3) is 2.11. The molecule has 2 atom stereocenters. The Bertz CT molecular complexity index is 376. The summed E-state index contributed by atoms with van der Waals surface area (Å²) in [5, 5.41) is 3.48. The fraction of sp³-hybridized carbons (Fsp3) is 0.769. The number of nitrogens with one attached hydrogen (secondary N) is 2. The second kappa shape index (κ2) is 4.42. The van der Waals surface area contributed by atoms with E-state index in [4.69, 9.17) is 4.74 Å². The molecule has 1 aromatic heterocycles. The van der Waals surface area contributed by atoms with Gasteiger partial charge in [0.2, 0.25) is 0 Å². The van der Waals surface area contributed by atoms with E-state index in [2.05, 4.69) is 22.2 Å². The molecule has 3 rings (SSSR count). The molecular formula is C13H21N3O. The summed E-state index contributed by atoms with van der Waals surface area (Å²) in [6.07, 6.45) is 6.78. The molecule has 2 unspecified atom stereocenters. The van der Waals surface area contributed by atoms with E-state index in [0.29, 0.717) is 6.04 Å². The summed E-state index contributed by atoms with van der Waals surface area (Å²) in [5.41, 5.74) is 1.36. The number of aromatic nitrogens is 2. The van der Waals surface area contributed by atoms with E-state index in [1.807, 2.05) is 6.20 Å². The molecule has 0 radical (unpaired) electrons. The highest BCUT2D eigenvalue weighted by molar-refractivity contribution is 5.17. The maximum atomic E-state index is 5.61. The molecule has 1 aromatic rings. The molecule has 4 nitrogen and oxygen atoms in total. The van der Waals surface area contributed by atoms with Gasteiger partial charge in [-0.15, -0.1) is 0 Å². The van der Waals surface area contributed by atoms with Crippen LogP contribution in [0.5, 0.6) is 0 Å². The molecule has 2 saturated heterocycles. The summed E-state index contributed by atoms with van der Waals surface area (Å²) >= 11 is 0. The van der Waals surface area contributed by atoms with Crippen molar-refractivity contribution in [3.63, 3.8) is 0 Å². The van der Waals surface area contributed by atoms with E-state index in [0.717, 1.165) is 32.0 Å². The van der Waals surface area contributed by atoms with Crippen LogP contribution in [0.25, 0.3) is 0 Å². The highest BCUT2D eigenvalue weighted by Gasteiger charge is 2.32. The van der Waals surface area contributed by atoms with Gasteiger partial charge in [0.1, 0.15) is 5.82 Å². The van der Waals surface area contributed by atoms with Gasteiger partial charge in [0.25, 0.3) is 0 Å². The van der Waals surface area contributed by atoms with Crippen molar-refractivity contribution in [1.29, 1.82) is 0 Å². The van der Waals surface area contributed by atoms with Crippen molar-refractivity contribution in [3.8, 4) is 0 Å². The normalized spacial score (nSPS) is 34.1. The van der Waals surface area contributed by atoms with Gasteiger partial charge >= 0.3 is 0 Å². The largest absolute Gasteiger partial charge is 0.380 e. The lowest BCUT2D eigenvalue weighted by Gasteiger charge is -2.32. The van der Waals surface area contributed by atoms with Gasteiger partial charge in [-0.1, -0.05) is 6.92 Å². The van der Waals surface area contributed by atoms with Crippen molar-refractivity contribution in [2.45, 2.75) is 44.1 Å². The van der Waals surface area contributed by atoms with Crippen molar-refractivity contribution < 1.29 is 4.74 Å². The smallest absolute Gasteiger partial charge is 0.123 e. The number of hydrogen-bond donors (Lipinski definition) is 2. The Balaban J connectivity index is 1.78. The van der Waals surface area contributed by atoms with Crippen molar-refractivity contribution in [1.82, 2.24) is 15.3 Å². The third-order valence-corrected chi connectivity index (χ3v) is 4.07. The Labute approximate surface area is 102 Å². The number of nitrogens with zero attached hydrogens (tertiary/aromatic N) is 1. The van der Waals surface area contributed by atoms with E-state index in [1.54, 1.807) is 0 Å². The van der Waals surface area contributed by atoms with Crippen molar-refractivity contribution in [2.24, 2.45) is 0 Å². The lowest BCUT2D eigenvalue weighted by molar-refractivity contribution is 0.0403. The maximum absolute atomic E-state index is 5.61. The Morgan fingerprint density at radius 2 is 2.41 bits per heavy atom. The summed E-state index contributed by atoms with van der Waals surface area (Å²) in [6.45, 7) is 5.10. The Kier molecular flexibility index (Phi) is 2.92. The maximum Gasteiger partial charge on any atom is 0.123 e. The van der Waals surface area contributed by atoms with Crippen LogP contribution < -0.4 is 5.32 Å². The highest BCUT2D eigenvalue weighted by atomic mass is 16.5. The zero-order valence-electron chi connectivity index (χ0n) is 10.5. The molecule has 4 heteroatoms. The first kappa shape index (κ1) is 11.2. The van der Waals surface area contributed by atoms with Crippen LogP contribution in [0.2, 0.25) is 0 Å². The molecule has 0 spiro atoms. The predicted molar refractivity (Wildman–Crippen MR) is 66.0 cm³/mol. The fourth-order valence-corrected chi connectivity index (χ4v) is 2.88. The first-order valence-corrected chi connectivity index (χ1v) is 6.64. The van der Waals surface area contributed by atoms with Crippen LogP contribution in [-0.4, -0.2) is 29.7 Å². The monoisotopic (exact) mass is 235 g/mol. The summed E-state index contributed by atoms with van der Waals surface area (Å²) < 4.78 is 5.61. The van der Waals surface area contributed by atoms with Crippen LogP contribution in [0.1, 0.15) is 50.2 Å². The molecule has 0 bridgehead atoms. The van der Waals surface area contributed by atoms with Crippen LogP contribution >= 0.6 is 0 Å². The van der Waals surface area contributed by atoms with Gasteiger partial charge in [-0.05, 0) is 32.2 Å². The molecule has 2 N–H and O–H groups in total. The van der Waals surface area contributed by atoms with E-state index in [-0.39, 0.29) is 5.41 Å². The number of imidazole rings is 1. The summed E-state index contributed by atoms with van der Waals surface area (Å²) in [5.74, 6) is 1.10. The number of rotatable bonds is 2. The second-order valence-corrected chi connectivity index (χ2v) is 5.55. The van der Waals surface area contributed by atoms with Gasteiger partial charge in [0.15, 0.2) is 0 Å². The molecule has 94 valence electrons. The average Bonchev–Trinajstić information content (AvgIpc) is 3.01. The molecule has 2 aliphatic rings. The lowest BCUT2D eigenvalue weighted by Crippen LogP contribution is -2.33. The van der Waals surface area contributed by atoms with E-state index in [1.165, 1.54) is 25.0 Å². The van der Waals surface area contributed by atoms with E-state index < -0.39 is 0 Å². The summed E-state index contributed by atoms with van der Waals surface area (Å²) in [6, 6.07) is 0.428. The summed E-state index contributed by atoms with van der Waals surface area (Å²) in [7, 11) is 0. The fourth-order valence-electron chi connectivity index (χ4n) is 2.88. The van der Waals surface area contributed by atoms with E-state index in [9.17, 15) is 0 Å². The zero-order chi connectivity index (χ0) is 11.7. The van der Waals surface area contributed by atoms with Crippen molar-refractivity contribution in [3.05, 3.63) is 17.7 Å². The van der Waals surface area contributed by atoms with Gasteiger partial charge in [0, 0.05) is 23.9 Å². The Morgan fingerprint density at radius 3 is 3.12 bits per heavy atom. The third-order valence-electron chi connectivity index (χ3n) is 4.07. The number of ether oxygens (including phenoxy) is 1. The molecule has 17 heavy (non-hydrogen) atoms. The van der Waals surface area contributed by atoms with Gasteiger partial charge < -0.3 is 15.0 Å². The minimum atomic E-state index is 0.127. The molecule has 0 saturated carbocycles. The second-order valence-electron chi connectivity index (χ2n) is 5.55. The Morgan fingerprint density at radius 1 is 1.47 bits per heavy atom. The number of hydrogen-bond acceptors (Lipinski definition) is 3. The number of H-pyrrole nitrogens is 1. The standard InChI is InChI=1S/C13H21N3O/c1-13(5-3-7-17-9-13)11-8-15-12(16-11)10-4-2-6-14-10/h8,10,14H,2-7,9H2,1H3,(H,15,16). The molecule has 0 aromatic carbocycles. The molecule has 2 fully saturated rings.